The quantitative estimate of drug-likeness (QED) is 0.760. The molecule has 0 bridgehead atoms. The standard InChI is InChI=1S/C18H18O7/c19-13-8-22-18(17(21)16(13)20)25-12-4-1-10(2-5-12)11-3-6-14-15(7-11)24-9-23-14/h1-7,13,16-21H,8-9H2/t13-,16-,17+,18+/m0/s1. The molecule has 1 fully saturated rings. The molecule has 2 aromatic rings. The summed E-state index contributed by atoms with van der Waals surface area (Å²) in [5, 5.41) is 29.0. The number of hydrogen-bond acceptors (Lipinski definition) is 7. The van der Waals surface area contributed by atoms with E-state index in [1.54, 1.807) is 12.1 Å². The lowest BCUT2D eigenvalue weighted by molar-refractivity contribution is -0.242. The van der Waals surface area contributed by atoms with Gasteiger partial charge in [0, 0.05) is 0 Å². The third kappa shape index (κ3) is 3.14. The van der Waals surface area contributed by atoms with Crippen molar-refractivity contribution < 1.29 is 34.3 Å². The van der Waals surface area contributed by atoms with Gasteiger partial charge in [-0.2, -0.15) is 0 Å². The van der Waals surface area contributed by atoms with Crippen molar-refractivity contribution in [3.05, 3.63) is 42.5 Å². The highest BCUT2D eigenvalue weighted by molar-refractivity contribution is 5.68. The van der Waals surface area contributed by atoms with Crippen molar-refractivity contribution in [1.29, 1.82) is 0 Å². The zero-order valence-electron chi connectivity index (χ0n) is 13.2. The van der Waals surface area contributed by atoms with Gasteiger partial charge in [0.05, 0.1) is 6.61 Å². The SMILES string of the molecule is O[C@@H]1[C@@H](O)[C@@H](Oc2ccc(-c3ccc4c(c3)OCO4)cc2)OC[C@@H]1O. The summed E-state index contributed by atoms with van der Waals surface area (Å²) in [6.07, 6.45) is -4.78. The molecule has 0 unspecified atom stereocenters. The zero-order valence-corrected chi connectivity index (χ0v) is 13.2. The number of fused-ring (bicyclic) bond motifs is 1. The Hall–Kier alpha value is -2.32. The van der Waals surface area contributed by atoms with Gasteiger partial charge in [-0.1, -0.05) is 18.2 Å². The minimum Gasteiger partial charge on any atom is -0.462 e. The lowest BCUT2D eigenvalue weighted by Crippen LogP contribution is -2.54. The van der Waals surface area contributed by atoms with Gasteiger partial charge in [-0.05, 0) is 35.4 Å². The van der Waals surface area contributed by atoms with E-state index in [4.69, 9.17) is 18.9 Å². The molecule has 3 N–H and O–H groups in total. The Kier molecular flexibility index (Phi) is 4.22. The van der Waals surface area contributed by atoms with Gasteiger partial charge < -0.3 is 34.3 Å². The highest BCUT2D eigenvalue weighted by Gasteiger charge is 2.38. The van der Waals surface area contributed by atoms with E-state index in [2.05, 4.69) is 0 Å². The minimum atomic E-state index is -1.32. The Morgan fingerprint density at radius 3 is 2.36 bits per heavy atom. The van der Waals surface area contributed by atoms with E-state index < -0.39 is 24.6 Å². The summed E-state index contributed by atoms with van der Waals surface area (Å²) in [5.74, 6) is 1.93. The molecule has 2 heterocycles. The third-order valence-electron chi connectivity index (χ3n) is 4.27. The Bertz CT molecular complexity index is 746. The highest BCUT2D eigenvalue weighted by Crippen LogP contribution is 2.36. The molecule has 4 rings (SSSR count). The van der Waals surface area contributed by atoms with Gasteiger partial charge in [-0.15, -0.1) is 0 Å². The molecular weight excluding hydrogens is 328 g/mol. The zero-order chi connectivity index (χ0) is 17.4. The third-order valence-corrected chi connectivity index (χ3v) is 4.27. The first-order valence-electron chi connectivity index (χ1n) is 7.94. The first-order valence-corrected chi connectivity index (χ1v) is 7.94. The van der Waals surface area contributed by atoms with Crippen molar-refractivity contribution in [3.8, 4) is 28.4 Å². The first kappa shape index (κ1) is 16.2. The second-order valence-electron chi connectivity index (χ2n) is 5.96. The Labute approximate surface area is 144 Å². The summed E-state index contributed by atoms with van der Waals surface area (Å²) in [7, 11) is 0. The maximum atomic E-state index is 9.91. The van der Waals surface area contributed by atoms with Gasteiger partial charge in [0.15, 0.2) is 11.5 Å². The molecule has 7 heteroatoms. The molecule has 7 nitrogen and oxygen atoms in total. The molecule has 4 atom stereocenters. The minimum absolute atomic E-state index is 0.0990. The Morgan fingerprint density at radius 1 is 0.840 bits per heavy atom. The maximum absolute atomic E-state index is 9.91. The largest absolute Gasteiger partial charge is 0.462 e. The van der Waals surface area contributed by atoms with Crippen LogP contribution in [0, 0.1) is 0 Å². The summed E-state index contributed by atoms with van der Waals surface area (Å²) in [6.45, 7) is 0.133. The van der Waals surface area contributed by atoms with Gasteiger partial charge >= 0.3 is 0 Å². The van der Waals surface area contributed by atoms with E-state index in [-0.39, 0.29) is 13.4 Å². The maximum Gasteiger partial charge on any atom is 0.231 e. The van der Waals surface area contributed by atoms with Crippen molar-refractivity contribution in [3.63, 3.8) is 0 Å². The molecule has 2 aliphatic heterocycles. The van der Waals surface area contributed by atoms with Crippen LogP contribution in [0.2, 0.25) is 0 Å². The van der Waals surface area contributed by atoms with Gasteiger partial charge in [0.1, 0.15) is 24.1 Å². The number of hydrogen-bond donors (Lipinski definition) is 3. The fourth-order valence-electron chi connectivity index (χ4n) is 2.82. The van der Waals surface area contributed by atoms with Crippen LogP contribution in [0.3, 0.4) is 0 Å². The molecular formula is C18H18O7. The molecule has 1 saturated heterocycles. The van der Waals surface area contributed by atoms with E-state index in [1.807, 2.05) is 30.3 Å². The average Bonchev–Trinajstić information content (AvgIpc) is 3.10. The smallest absolute Gasteiger partial charge is 0.231 e. The van der Waals surface area contributed by atoms with E-state index in [0.717, 1.165) is 16.9 Å². The molecule has 0 saturated carbocycles. The van der Waals surface area contributed by atoms with Crippen LogP contribution in [0.4, 0.5) is 0 Å². The summed E-state index contributed by atoms with van der Waals surface area (Å²) in [5.41, 5.74) is 1.94. The lowest BCUT2D eigenvalue weighted by Gasteiger charge is -2.34. The molecule has 132 valence electrons. The van der Waals surface area contributed by atoms with E-state index in [0.29, 0.717) is 11.5 Å². The first-order chi connectivity index (χ1) is 12.1. The number of benzene rings is 2. The van der Waals surface area contributed by atoms with Crippen molar-refractivity contribution in [2.45, 2.75) is 24.6 Å². The molecule has 0 amide bonds. The van der Waals surface area contributed by atoms with E-state index in [1.165, 1.54) is 0 Å². The second-order valence-corrected chi connectivity index (χ2v) is 5.96. The van der Waals surface area contributed by atoms with E-state index in [9.17, 15) is 15.3 Å². The Morgan fingerprint density at radius 2 is 1.56 bits per heavy atom. The topological polar surface area (TPSA) is 97.6 Å². The normalized spacial score (nSPS) is 28.0. The van der Waals surface area contributed by atoms with Crippen molar-refractivity contribution in [2.24, 2.45) is 0 Å². The fraction of sp³-hybridized carbons (Fsp3) is 0.333. The van der Waals surface area contributed by atoms with Gasteiger partial charge in [-0.25, -0.2) is 0 Å². The monoisotopic (exact) mass is 346 g/mol. The molecule has 0 aromatic heterocycles. The highest BCUT2D eigenvalue weighted by atomic mass is 16.7. The number of aliphatic hydroxyl groups is 3. The van der Waals surface area contributed by atoms with Crippen molar-refractivity contribution in [2.75, 3.05) is 13.4 Å². The number of rotatable bonds is 3. The van der Waals surface area contributed by atoms with Gasteiger partial charge in [-0.3, -0.25) is 0 Å². The van der Waals surface area contributed by atoms with Crippen molar-refractivity contribution >= 4 is 0 Å². The molecule has 0 spiro atoms. The van der Waals surface area contributed by atoms with Crippen LogP contribution in [-0.2, 0) is 4.74 Å². The van der Waals surface area contributed by atoms with Crippen LogP contribution in [0.15, 0.2) is 42.5 Å². The van der Waals surface area contributed by atoms with Crippen LogP contribution in [0.5, 0.6) is 17.2 Å². The molecule has 0 radical (unpaired) electrons. The predicted octanol–water partition coefficient (Wildman–Crippen LogP) is 0.900. The summed E-state index contributed by atoms with van der Waals surface area (Å²) < 4.78 is 21.5. The lowest BCUT2D eigenvalue weighted by atomic mass is 10.0. The summed E-state index contributed by atoms with van der Waals surface area (Å²) in [6, 6.07) is 12.9. The van der Waals surface area contributed by atoms with Crippen LogP contribution in [0.25, 0.3) is 11.1 Å². The number of aliphatic hydroxyl groups excluding tert-OH is 3. The van der Waals surface area contributed by atoms with Crippen LogP contribution < -0.4 is 14.2 Å². The van der Waals surface area contributed by atoms with Gasteiger partial charge in [0.2, 0.25) is 13.1 Å². The van der Waals surface area contributed by atoms with E-state index >= 15 is 0 Å². The van der Waals surface area contributed by atoms with Crippen LogP contribution in [0.1, 0.15) is 0 Å². The molecule has 2 aliphatic rings. The van der Waals surface area contributed by atoms with Gasteiger partial charge in [0.25, 0.3) is 0 Å². The summed E-state index contributed by atoms with van der Waals surface area (Å²) in [4.78, 5) is 0. The fourth-order valence-corrected chi connectivity index (χ4v) is 2.82. The molecule has 2 aromatic carbocycles. The molecule has 25 heavy (non-hydrogen) atoms. The Balaban J connectivity index is 1.47. The summed E-state index contributed by atoms with van der Waals surface area (Å²) >= 11 is 0. The molecule has 0 aliphatic carbocycles. The predicted molar refractivity (Wildman–Crippen MR) is 86.4 cm³/mol. The van der Waals surface area contributed by atoms with Crippen molar-refractivity contribution in [1.82, 2.24) is 0 Å². The van der Waals surface area contributed by atoms with Crippen LogP contribution in [-0.4, -0.2) is 53.3 Å². The second kappa shape index (κ2) is 6.53. The number of ether oxygens (including phenoxy) is 4. The average molecular weight is 346 g/mol. The van der Waals surface area contributed by atoms with Crippen LogP contribution >= 0.6 is 0 Å².